The van der Waals surface area contributed by atoms with Gasteiger partial charge in [0.2, 0.25) is 5.91 Å². The van der Waals surface area contributed by atoms with Crippen molar-refractivity contribution in [3.8, 4) is 17.2 Å². The van der Waals surface area contributed by atoms with Crippen LogP contribution in [0.2, 0.25) is 5.02 Å². The van der Waals surface area contributed by atoms with Crippen molar-refractivity contribution in [2.45, 2.75) is 18.9 Å². The van der Waals surface area contributed by atoms with Crippen molar-refractivity contribution in [2.75, 3.05) is 66.3 Å². The van der Waals surface area contributed by atoms with E-state index >= 15 is 0 Å². The smallest absolute Gasteiger partial charge is 0.260 e. The van der Waals surface area contributed by atoms with Gasteiger partial charge in [-0.25, -0.2) is 0 Å². The molecule has 0 saturated carbocycles. The first-order valence-electron chi connectivity index (χ1n) is 12.3. The van der Waals surface area contributed by atoms with Crippen LogP contribution in [0.1, 0.15) is 12.0 Å². The predicted molar refractivity (Wildman–Crippen MR) is 137 cm³/mol. The standard InChI is InChI=1S/C27H33ClN2O7/c1-20-14-23(6-7-24(20)28)36-19-27(16-25(31)29-8-11-34-12-9-29)18-30(10-13-37-27)26(32)17-35-22-5-3-4-21(15-22)33-2/h3-7,14-15H,8-13,16-19H2,1-2H3. The lowest BCUT2D eigenvalue weighted by Gasteiger charge is -2.43. The van der Waals surface area contributed by atoms with Gasteiger partial charge in [0, 0.05) is 30.7 Å². The molecule has 200 valence electrons. The monoisotopic (exact) mass is 532 g/mol. The second-order valence-electron chi connectivity index (χ2n) is 9.18. The van der Waals surface area contributed by atoms with Gasteiger partial charge in [0.15, 0.2) is 6.61 Å². The quantitative estimate of drug-likeness (QED) is 0.491. The third kappa shape index (κ3) is 7.28. The van der Waals surface area contributed by atoms with E-state index in [4.69, 9.17) is 35.3 Å². The summed E-state index contributed by atoms with van der Waals surface area (Å²) < 4.78 is 28.6. The van der Waals surface area contributed by atoms with Crippen molar-refractivity contribution >= 4 is 23.4 Å². The second kappa shape index (κ2) is 12.5. The predicted octanol–water partition coefficient (Wildman–Crippen LogP) is 2.96. The fraction of sp³-hybridized carbons (Fsp3) is 0.481. The van der Waals surface area contributed by atoms with Crippen LogP contribution < -0.4 is 14.2 Å². The molecule has 2 heterocycles. The number of hydrogen-bond acceptors (Lipinski definition) is 7. The van der Waals surface area contributed by atoms with Crippen molar-refractivity contribution in [1.29, 1.82) is 0 Å². The molecule has 0 radical (unpaired) electrons. The number of aryl methyl sites for hydroxylation is 1. The van der Waals surface area contributed by atoms with Gasteiger partial charge in [0.25, 0.3) is 5.91 Å². The molecular weight excluding hydrogens is 500 g/mol. The summed E-state index contributed by atoms with van der Waals surface area (Å²) in [5, 5.41) is 0.645. The topological polar surface area (TPSA) is 86.8 Å². The Morgan fingerprint density at radius 2 is 1.68 bits per heavy atom. The first kappa shape index (κ1) is 27.0. The van der Waals surface area contributed by atoms with E-state index < -0.39 is 5.60 Å². The number of carbonyl (C=O) groups is 2. The zero-order valence-corrected chi connectivity index (χ0v) is 22.0. The van der Waals surface area contributed by atoms with E-state index in [1.807, 2.05) is 13.0 Å². The van der Waals surface area contributed by atoms with Crippen LogP contribution in [0.4, 0.5) is 0 Å². The van der Waals surface area contributed by atoms with Crippen LogP contribution in [0, 0.1) is 6.92 Å². The van der Waals surface area contributed by atoms with Crippen molar-refractivity contribution in [2.24, 2.45) is 0 Å². The number of benzene rings is 2. The molecule has 2 aromatic carbocycles. The molecule has 1 atom stereocenters. The summed E-state index contributed by atoms with van der Waals surface area (Å²) in [5.74, 6) is 1.55. The number of hydrogen-bond donors (Lipinski definition) is 0. The number of halogens is 1. The van der Waals surface area contributed by atoms with Crippen LogP contribution in [0.5, 0.6) is 17.2 Å². The Morgan fingerprint density at radius 3 is 2.43 bits per heavy atom. The summed E-state index contributed by atoms with van der Waals surface area (Å²) in [4.78, 5) is 29.8. The van der Waals surface area contributed by atoms with Crippen molar-refractivity contribution < 1.29 is 33.3 Å². The third-order valence-corrected chi connectivity index (χ3v) is 6.90. The zero-order valence-electron chi connectivity index (χ0n) is 21.2. The maximum atomic E-state index is 13.2. The minimum Gasteiger partial charge on any atom is -0.497 e. The SMILES string of the molecule is COc1cccc(OCC(=O)N2CCOC(COc3ccc(Cl)c(C)c3)(CC(=O)N3CCOCC3)C2)c1. The van der Waals surface area contributed by atoms with Crippen molar-refractivity contribution in [3.63, 3.8) is 0 Å². The van der Waals surface area contributed by atoms with Gasteiger partial charge < -0.3 is 33.5 Å². The molecule has 1 unspecified atom stereocenters. The number of amides is 2. The van der Waals surface area contributed by atoms with Crippen LogP contribution in [0.3, 0.4) is 0 Å². The highest BCUT2D eigenvalue weighted by Crippen LogP contribution is 2.28. The van der Waals surface area contributed by atoms with Crippen LogP contribution in [-0.2, 0) is 19.1 Å². The van der Waals surface area contributed by atoms with Crippen LogP contribution in [-0.4, -0.2) is 93.5 Å². The number of rotatable bonds is 9. The molecule has 2 aliphatic rings. The number of carbonyl (C=O) groups excluding carboxylic acids is 2. The van der Waals surface area contributed by atoms with E-state index in [1.54, 1.807) is 53.3 Å². The zero-order chi connectivity index (χ0) is 26.3. The Hall–Kier alpha value is -3.01. The minimum atomic E-state index is -1.01. The average Bonchev–Trinajstić information content (AvgIpc) is 2.93. The van der Waals surface area contributed by atoms with Crippen LogP contribution in [0.15, 0.2) is 42.5 Å². The lowest BCUT2D eigenvalue weighted by Crippen LogP contribution is -2.59. The lowest BCUT2D eigenvalue weighted by atomic mass is 9.96. The van der Waals surface area contributed by atoms with Gasteiger partial charge in [-0.3, -0.25) is 9.59 Å². The summed E-state index contributed by atoms with van der Waals surface area (Å²) in [6, 6.07) is 12.5. The molecule has 0 N–H and O–H groups in total. The summed E-state index contributed by atoms with van der Waals surface area (Å²) in [5.41, 5.74) is -0.124. The van der Waals surface area contributed by atoms with E-state index in [-0.39, 0.29) is 44.6 Å². The number of nitrogens with zero attached hydrogens (tertiary/aromatic N) is 2. The highest BCUT2D eigenvalue weighted by atomic mass is 35.5. The fourth-order valence-corrected chi connectivity index (χ4v) is 4.47. The molecule has 37 heavy (non-hydrogen) atoms. The van der Waals surface area contributed by atoms with Gasteiger partial charge in [-0.15, -0.1) is 0 Å². The van der Waals surface area contributed by atoms with Crippen LogP contribution in [0.25, 0.3) is 0 Å². The normalized spacial score (nSPS) is 19.9. The Morgan fingerprint density at radius 1 is 0.946 bits per heavy atom. The highest BCUT2D eigenvalue weighted by molar-refractivity contribution is 6.31. The first-order chi connectivity index (χ1) is 17.9. The molecule has 2 aromatic rings. The number of morpholine rings is 2. The maximum Gasteiger partial charge on any atom is 0.260 e. The second-order valence-corrected chi connectivity index (χ2v) is 9.59. The molecule has 2 fully saturated rings. The van der Waals surface area contributed by atoms with Gasteiger partial charge in [0.1, 0.15) is 29.5 Å². The largest absolute Gasteiger partial charge is 0.497 e. The summed E-state index contributed by atoms with van der Waals surface area (Å²) in [6.45, 7) is 4.81. The summed E-state index contributed by atoms with van der Waals surface area (Å²) >= 11 is 6.15. The van der Waals surface area contributed by atoms with Gasteiger partial charge >= 0.3 is 0 Å². The molecule has 2 saturated heterocycles. The molecule has 2 aliphatic heterocycles. The molecule has 0 bridgehead atoms. The van der Waals surface area contributed by atoms with Crippen LogP contribution >= 0.6 is 11.6 Å². The lowest BCUT2D eigenvalue weighted by molar-refractivity contribution is -0.168. The van der Waals surface area contributed by atoms with Gasteiger partial charge in [-0.2, -0.15) is 0 Å². The van der Waals surface area contributed by atoms with Gasteiger partial charge in [0.05, 0.1) is 39.9 Å². The number of ether oxygens (including phenoxy) is 5. The van der Waals surface area contributed by atoms with E-state index in [1.165, 1.54) is 0 Å². The van der Waals surface area contributed by atoms with E-state index in [2.05, 4.69) is 0 Å². The van der Waals surface area contributed by atoms with E-state index in [9.17, 15) is 9.59 Å². The average molecular weight is 533 g/mol. The molecule has 4 rings (SSSR count). The minimum absolute atomic E-state index is 0.0545. The molecule has 10 heteroatoms. The Bertz CT molecular complexity index is 1090. The third-order valence-electron chi connectivity index (χ3n) is 6.47. The number of methoxy groups -OCH3 is 1. The summed E-state index contributed by atoms with van der Waals surface area (Å²) in [6.07, 6.45) is 0.0834. The molecule has 0 aliphatic carbocycles. The molecule has 9 nitrogen and oxygen atoms in total. The van der Waals surface area contributed by atoms with Crippen molar-refractivity contribution in [3.05, 3.63) is 53.1 Å². The molecule has 0 spiro atoms. The summed E-state index contributed by atoms with van der Waals surface area (Å²) in [7, 11) is 1.57. The van der Waals surface area contributed by atoms with E-state index in [0.717, 1.165) is 5.56 Å². The Balaban J connectivity index is 1.45. The highest BCUT2D eigenvalue weighted by Gasteiger charge is 2.42. The first-order valence-corrected chi connectivity index (χ1v) is 12.7. The Kier molecular flexibility index (Phi) is 9.13. The van der Waals surface area contributed by atoms with E-state index in [0.29, 0.717) is 55.1 Å². The maximum absolute atomic E-state index is 13.2. The Labute approximate surface area is 222 Å². The molecular formula is C27H33ClN2O7. The molecule has 2 amide bonds. The van der Waals surface area contributed by atoms with Crippen molar-refractivity contribution in [1.82, 2.24) is 9.80 Å². The molecule has 0 aromatic heterocycles. The van der Waals surface area contributed by atoms with Gasteiger partial charge in [-0.1, -0.05) is 17.7 Å². The van der Waals surface area contributed by atoms with Gasteiger partial charge in [-0.05, 0) is 42.8 Å². The fourth-order valence-electron chi connectivity index (χ4n) is 4.35.